The molecule has 0 saturated carbocycles. The molecule has 1 saturated heterocycles. The summed E-state index contributed by atoms with van der Waals surface area (Å²) in [7, 11) is 0. The van der Waals surface area contributed by atoms with Gasteiger partial charge in [0.2, 0.25) is 0 Å². The lowest BCUT2D eigenvalue weighted by Gasteiger charge is -2.30. The summed E-state index contributed by atoms with van der Waals surface area (Å²) in [4.78, 5) is 2.46. The molecule has 1 unspecified atom stereocenters. The number of halogens is 1. The monoisotopic (exact) mass is 302 g/mol. The Morgan fingerprint density at radius 1 is 0.952 bits per heavy atom. The van der Waals surface area contributed by atoms with Crippen LogP contribution in [0, 0.1) is 0 Å². The molecule has 0 aliphatic carbocycles. The van der Waals surface area contributed by atoms with Crippen molar-refractivity contribution >= 4 is 12.4 Å². The summed E-state index contributed by atoms with van der Waals surface area (Å²) in [5.41, 5.74) is 9.97. The lowest BCUT2D eigenvalue weighted by Crippen LogP contribution is -2.42. The van der Waals surface area contributed by atoms with E-state index in [1.165, 1.54) is 36.1 Å². The molecule has 112 valence electrons. The number of nitrogens with two attached hydrogens (primary N) is 1. The molecule has 2 aromatic rings. The van der Waals surface area contributed by atoms with Gasteiger partial charge in [-0.05, 0) is 36.1 Å². The van der Waals surface area contributed by atoms with Crippen molar-refractivity contribution in [1.82, 2.24) is 4.90 Å². The van der Waals surface area contributed by atoms with Gasteiger partial charge in [0.25, 0.3) is 0 Å². The second-order valence-corrected chi connectivity index (χ2v) is 5.70. The maximum atomic E-state index is 6.04. The fraction of sp³-hybridized carbons (Fsp3) is 0.333. The van der Waals surface area contributed by atoms with E-state index in [1.54, 1.807) is 0 Å². The molecule has 0 bridgehead atoms. The van der Waals surface area contributed by atoms with Crippen LogP contribution < -0.4 is 5.73 Å². The standard InChI is InChI=1S/C18H22N2.ClH/c19-18-7-4-12-20(14-18)13-15-8-10-17(11-9-15)16-5-2-1-3-6-16;/h1-3,5-6,8-11,18H,4,7,12-14,19H2;1H. The van der Waals surface area contributed by atoms with Crippen molar-refractivity contribution in [3.63, 3.8) is 0 Å². The first-order valence-electron chi connectivity index (χ1n) is 7.43. The number of likely N-dealkylation sites (tertiary alicyclic amines) is 1. The van der Waals surface area contributed by atoms with Crippen molar-refractivity contribution in [3.05, 3.63) is 60.2 Å². The van der Waals surface area contributed by atoms with Gasteiger partial charge in [-0.2, -0.15) is 0 Å². The Kier molecular flexibility index (Phi) is 5.80. The van der Waals surface area contributed by atoms with Gasteiger partial charge in [0.05, 0.1) is 0 Å². The van der Waals surface area contributed by atoms with Crippen molar-refractivity contribution in [2.45, 2.75) is 25.4 Å². The van der Waals surface area contributed by atoms with Gasteiger partial charge >= 0.3 is 0 Å². The van der Waals surface area contributed by atoms with Crippen LogP contribution in [0.2, 0.25) is 0 Å². The van der Waals surface area contributed by atoms with Gasteiger partial charge in [-0.25, -0.2) is 0 Å². The molecular formula is C18H23ClN2. The van der Waals surface area contributed by atoms with Gasteiger partial charge in [-0.15, -0.1) is 12.4 Å². The Morgan fingerprint density at radius 3 is 2.29 bits per heavy atom. The van der Waals surface area contributed by atoms with Crippen LogP contribution in [0.4, 0.5) is 0 Å². The summed E-state index contributed by atoms with van der Waals surface area (Å²) < 4.78 is 0. The molecule has 1 aliphatic rings. The highest BCUT2D eigenvalue weighted by Gasteiger charge is 2.16. The van der Waals surface area contributed by atoms with Crippen molar-refractivity contribution in [3.8, 4) is 11.1 Å². The zero-order valence-electron chi connectivity index (χ0n) is 12.2. The van der Waals surface area contributed by atoms with Crippen LogP contribution in [0.25, 0.3) is 11.1 Å². The summed E-state index contributed by atoms with van der Waals surface area (Å²) in [5.74, 6) is 0. The van der Waals surface area contributed by atoms with Crippen LogP contribution in [0.5, 0.6) is 0 Å². The van der Waals surface area contributed by atoms with E-state index >= 15 is 0 Å². The van der Waals surface area contributed by atoms with Crippen LogP contribution in [0.15, 0.2) is 54.6 Å². The lowest BCUT2D eigenvalue weighted by molar-refractivity contribution is 0.201. The predicted molar refractivity (Wildman–Crippen MR) is 91.6 cm³/mol. The molecule has 2 nitrogen and oxygen atoms in total. The highest BCUT2D eigenvalue weighted by atomic mass is 35.5. The van der Waals surface area contributed by atoms with Gasteiger partial charge in [0.15, 0.2) is 0 Å². The first-order chi connectivity index (χ1) is 9.81. The quantitative estimate of drug-likeness (QED) is 0.937. The van der Waals surface area contributed by atoms with E-state index in [4.69, 9.17) is 5.73 Å². The minimum atomic E-state index is 0. The molecule has 1 atom stereocenters. The van der Waals surface area contributed by atoms with E-state index < -0.39 is 0 Å². The second kappa shape index (κ2) is 7.60. The largest absolute Gasteiger partial charge is 0.327 e. The fourth-order valence-corrected chi connectivity index (χ4v) is 2.93. The van der Waals surface area contributed by atoms with Crippen molar-refractivity contribution < 1.29 is 0 Å². The molecule has 3 heteroatoms. The number of nitrogens with zero attached hydrogens (tertiary/aromatic N) is 1. The van der Waals surface area contributed by atoms with Gasteiger partial charge in [0.1, 0.15) is 0 Å². The topological polar surface area (TPSA) is 29.3 Å². The molecule has 3 rings (SSSR count). The van der Waals surface area contributed by atoms with Crippen LogP contribution in [-0.4, -0.2) is 24.0 Å². The van der Waals surface area contributed by atoms with Crippen LogP contribution in [-0.2, 0) is 6.54 Å². The van der Waals surface area contributed by atoms with Crippen molar-refractivity contribution in [2.24, 2.45) is 5.73 Å². The van der Waals surface area contributed by atoms with E-state index in [0.717, 1.165) is 13.1 Å². The third-order valence-corrected chi connectivity index (χ3v) is 4.01. The molecule has 1 aliphatic heterocycles. The normalized spacial score (nSPS) is 19.0. The fourth-order valence-electron chi connectivity index (χ4n) is 2.93. The van der Waals surface area contributed by atoms with Crippen molar-refractivity contribution in [2.75, 3.05) is 13.1 Å². The Hall–Kier alpha value is -1.35. The Labute approximate surface area is 133 Å². The zero-order chi connectivity index (χ0) is 13.8. The highest BCUT2D eigenvalue weighted by Crippen LogP contribution is 2.20. The SMILES string of the molecule is Cl.NC1CCCN(Cc2ccc(-c3ccccc3)cc2)C1. The third kappa shape index (κ3) is 4.31. The van der Waals surface area contributed by atoms with E-state index in [1.807, 2.05) is 0 Å². The Morgan fingerprint density at radius 2 is 1.62 bits per heavy atom. The van der Waals surface area contributed by atoms with Crippen LogP contribution >= 0.6 is 12.4 Å². The molecule has 0 spiro atoms. The van der Waals surface area contributed by atoms with E-state index in [-0.39, 0.29) is 12.4 Å². The Bertz CT molecular complexity index is 539. The molecular weight excluding hydrogens is 280 g/mol. The minimum absolute atomic E-state index is 0. The smallest absolute Gasteiger partial charge is 0.0234 e. The van der Waals surface area contributed by atoms with Crippen LogP contribution in [0.3, 0.4) is 0 Å². The maximum Gasteiger partial charge on any atom is 0.0234 e. The zero-order valence-corrected chi connectivity index (χ0v) is 13.1. The first kappa shape index (κ1) is 16.0. The molecule has 1 fully saturated rings. The number of hydrogen-bond acceptors (Lipinski definition) is 2. The summed E-state index contributed by atoms with van der Waals surface area (Å²) >= 11 is 0. The lowest BCUT2D eigenvalue weighted by atomic mass is 10.0. The third-order valence-electron chi connectivity index (χ3n) is 4.01. The van der Waals surface area contributed by atoms with E-state index in [2.05, 4.69) is 59.5 Å². The summed E-state index contributed by atoms with van der Waals surface area (Å²) in [6.45, 7) is 3.22. The predicted octanol–water partition coefficient (Wildman–Crippen LogP) is 3.70. The molecule has 2 N–H and O–H groups in total. The Balaban J connectivity index is 0.00000161. The van der Waals surface area contributed by atoms with Gasteiger partial charge < -0.3 is 5.73 Å². The summed E-state index contributed by atoms with van der Waals surface area (Å²) in [6.07, 6.45) is 2.40. The first-order valence-corrected chi connectivity index (χ1v) is 7.43. The molecule has 0 amide bonds. The second-order valence-electron chi connectivity index (χ2n) is 5.70. The molecule has 0 aromatic heterocycles. The molecule has 1 heterocycles. The number of hydrogen-bond donors (Lipinski definition) is 1. The average Bonchev–Trinajstić information content (AvgIpc) is 2.49. The van der Waals surface area contributed by atoms with E-state index in [9.17, 15) is 0 Å². The summed E-state index contributed by atoms with van der Waals surface area (Å²) in [6, 6.07) is 19.8. The van der Waals surface area contributed by atoms with Gasteiger partial charge in [0, 0.05) is 19.1 Å². The maximum absolute atomic E-state index is 6.04. The number of piperidine rings is 1. The average molecular weight is 303 g/mol. The van der Waals surface area contributed by atoms with Gasteiger partial charge in [-0.3, -0.25) is 4.90 Å². The van der Waals surface area contributed by atoms with Gasteiger partial charge in [-0.1, -0.05) is 54.6 Å². The van der Waals surface area contributed by atoms with Crippen molar-refractivity contribution in [1.29, 1.82) is 0 Å². The van der Waals surface area contributed by atoms with Crippen LogP contribution in [0.1, 0.15) is 18.4 Å². The van der Waals surface area contributed by atoms with E-state index in [0.29, 0.717) is 6.04 Å². The number of benzene rings is 2. The molecule has 21 heavy (non-hydrogen) atoms. The summed E-state index contributed by atoms with van der Waals surface area (Å²) in [5, 5.41) is 0. The minimum Gasteiger partial charge on any atom is -0.327 e. The molecule has 0 radical (unpaired) electrons. The number of rotatable bonds is 3. The molecule has 2 aromatic carbocycles. The highest BCUT2D eigenvalue weighted by molar-refractivity contribution is 5.85.